The molecule has 2 heterocycles. The van der Waals surface area contributed by atoms with E-state index in [9.17, 15) is 9.90 Å². The average molecular weight is 327 g/mol. The van der Waals surface area contributed by atoms with E-state index in [4.69, 9.17) is 4.42 Å². The lowest BCUT2D eigenvalue weighted by Crippen LogP contribution is -2.38. The van der Waals surface area contributed by atoms with Crippen molar-refractivity contribution >= 4 is 17.2 Å². The second kappa shape index (κ2) is 6.40. The summed E-state index contributed by atoms with van der Waals surface area (Å²) in [5.41, 5.74) is 2.10. The maximum absolute atomic E-state index is 12.3. The monoisotopic (exact) mass is 327 g/mol. The second-order valence-corrected chi connectivity index (χ2v) is 6.34. The van der Waals surface area contributed by atoms with E-state index in [2.05, 4.69) is 5.32 Å². The molecule has 118 valence electrons. The first-order chi connectivity index (χ1) is 11.1. The lowest BCUT2D eigenvalue weighted by atomic mass is 9.99. The number of amides is 1. The molecule has 3 rings (SSSR count). The molecule has 5 heteroatoms. The number of furan rings is 1. The van der Waals surface area contributed by atoms with E-state index in [0.717, 1.165) is 16.7 Å². The second-order valence-electron chi connectivity index (χ2n) is 5.56. The van der Waals surface area contributed by atoms with Crippen LogP contribution in [0.2, 0.25) is 0 Å². The summed E-state index contributed by atoms with van der Waals surface area (Å²) < 4.78 is 5.07. The van der Waals surface area contributed by atoms with E-state index in [1.807, 2.05) is 35.0 Å². The van der Waals surface area contributed by atoms with Gasteiger partial charge in [-0.2, -0.15) is 11.3 Å². The summed E-state index contributed by atoms with van der Waals surface area (Å²) in [5.74, 6) is -0.217. The fourth-order valence-electron chi connectivity index (χ4n) is 2.30. The van der Waals surface area contributed by atoms with Crippen LogP contribution in [0.5, 0.6) is 0 Å². The third-order valence-electron chi connectivity index (χ3n) is 3.72. The zero-order valence-corrected chi connectivity index (χ0v) is 13.5. The molecule has 1 amide bonds. The minimum absolute atomic E-state index is 0.151. The van der Waals surface area contributed by atoms with Gasteiger partial charge in [0.1, 0.15) is 5.60 Å². The molecule has 0 bridgehead atoms. The number of aliphatic hydroxyl groups is 1. The Morgan fingerprint density at radius 3 is 2.87 bits per heavy atom. The Morgan fingerprint density at radius 1 is 1.30 bits per heavy atom. The van der Waals surface area contributed by atoms with Gasteiger partial charge < -0.3 is 14.8 Å². The lowest BCUT2D eigenvalue weighted by Gasteiger charge is -2.22. The molecule has 0 saturated carbocycles. The summed E-state index contributed by atoms with van der Waals surface area (Å²) in [6, 6.07) is 11.0. The quantitative estimate of drug-likeness (QED) is 0.752. The average Bonchev–Trinajstić information content (AvgIpc) is 3.25. The van der Waals surface area contributed by atoms with Crippen LogP contribution in [0.25, 0.3) is 11.1 Å². The predicted octanol–water partition coefficient (Wildman–Crippen LogP) is 3.65. The zero-order valence-electron chi connectivity index (χ0n) is 12.7. The Bertz CT molecular complexity index is 776. The highest BCUT2D eigenvalue weighted by atomic mass is 32.1. The highest BCUT2D eigenvalue weighted by molar-refractivity contribution is 7.08. The van der Waals surface area contributed by atoms with Gasteiger partial charge in [-0.25, -0.2) is 0 Å². The normalized spacial score (nSPS) is 13.5. The standard InChI is InChI=1S/C18H17NO3S/c1-18(21,16-6-8-23-11-16)12-19-17(20)14-4-2-3-13(9-14)15-5-7-22-10-15/h2-11,21H,12H2,1H3,(H,19,20). The van der Waals surface area contributed by atoms with Gasteiger partial charge in [0.25, 0.3) is 5.91 Å². The van der Waals surface area contributed by atoms with Crippen molar-refractivity contribution in [3.05, 3.63) is 70.8 Å². The fourth-order valence-corrected chi connectivity index (χ4v) is 3.08. The van der Waals surface area contributed by atoms with Crippen LogP contribution in [-0.2, 0) is 5.60 Å². The van der Waals surface area contributed by atoms with Crippen LogP contribution in [0, 0.1) is 0 Å². The van der Waals surface area contributed by atoms with Gasteiger partial charge in [0.15, 0.2) is 0 Å². The Balaban J connectivity index is 1.70. The first kappa shape index (κ1) is 15.5. The van der Waals surface area contributed by atoms with E-state index in [1.165, 1.54) is 11.3 Å². The first-order valence-corrected chi connectivity index (χ1v) is 8.16. The maximum atomic E-state index is 12.3. The molecule has 1 aromatic carbocycles. The molecule has 0 fully saturated rings. The summed E-state index contributed by atoms with van der Waals surface area (Å²) in [7, 11) is 0. The molecule has 0 radical (unpaired) electrons. The molecule has 3 aromatic rings. The molecule has 1 atom stereocenters. The molecule has 0 saturated heterocycles. The van der Waals surface area contributed by atoms with Gasteiger partial charge in [0.2, 0.25) is 0 Å². The molecule has 2 N–H and O–H groups in total. The SMILES string of the molecule is CC(O)(CNC(=O)c1cccc(-c2ccoc2)c1)c1ccsc1. The first-order valence-electron chi connectivity index (χ1n) is 7.22. The van der Waals surface area contributed by atoms with Crippen molar-refractivity contribution in [3.8, 4) is 11.1 Å². The largest absolute Gasteiger partial charge is 0.472 e. The Morgan fingerprint density at radius 2 is 2.17 bits per heavy atom. The number of hydrogen-bond donors (Lipinski definition) is 2. The molecule has 0 aliphatic heterocycles. The summed E-state index contributed by atoms with van der Waals surface area (Å²) >= 11 is 1.52. The van der Waals surface area contributed by atoms with E-state index < -0.39 is 5.60 Å². The molecule has 2 aromatic heterocycles. The molecule has 23 heavy (non-hydrogen) atoms. The zero-order chi connectivity index (χ0) is 16.3. The number of nitrogens with one attached hydrogen (secondary N) is 1. The van der Waals surface area contributed by atoms with E-state index in [-0.39, 0.29) is 12.5 Å². The van der Waals surface area contributed by atoms with Crippen molar-refractivity contribution in [1.82, 2.24) is 5.32 Å². The summed E-state index contributed by atoms with van der Waals surface area (Å²) in [4.78, 5) is 12.3. The molecule has 0 aliphatic carbocycles. The topological polar surface area (TPSA) is 62.5 Å². The highest BCUT2D eigenvalue weighted by Gasteiger charge is 2.24. The van der Waals surface area contributed by atoms with Crippen LogP contribution < -0.4 is 5.32 Å². The van der Waals surface area contributed by atoms with Crippen LogP contribution in [0.1, 0.15) is 22.8 Å². The summed E-state index contributed by atoms with van der Waals surface area (Å²) in [6.45, 7) is 1.84. The highest BCUT2D eigenvalue weighted by Crippen LogP contribution is 2.23. The molecule has 0 spiro atoms. The van der Waals surface area contributed by atoms with Crippen molar-refractivity contribution in [3.63, 3.8) is 0 Å². The molecular formula is C18H17NO3S. The van der Waals surface area contributed by atoms with Crippen molar-refractivity contribution < 1.29 is 14.3 Å². The predicted molar refractivity (Wildman–Crippen MR) is 90.4 cm³/mol. The van der Waals surface area contributed by atoms with E-state index >= 15 is 0 Å². The van der Waals surface area contributed by atoms with Crippen LogP contribution in [0.15, 0.2) is 64.1 Å². The van der Waals surface area contributed by atoms with Gasteiger partial charge in [-0.3, -0.25) is 4.79 Å². The van der Waals surface area contributed by atoms with Crippen molar-refractivity contribution in [2.24, 2.45) is 0 Å². The number of hydrogen-bond acceptors (Lipinski definition) is 4. The smallest absolute Gasteiger partial charge is 0.251 e. The fraction of sp³-hybridized carbons (Fsp3) is 0.167. The Kier molecular flexibility index (Phi) is 4.32. The minimum atomic E-state index is -1.09. The summed E-state index contributed by atoms with van der Waals surface area (Å²) in [5, 5.41) is 17.0. The van der Waals surface area contributed by atoms with Gasteiger partial charge >= 0.3 is 0 Å². The van der Waals surface area contributed by atoms with Crippen LogP contribution in [0.4, 0.5) is 0 Å². The van der Waals surface area contributed by atoms with Crippen molar-refractivity contribution in [2.75, 3.05) is 6.54 Å². The van der Waals surface area contributed by atoms with E-state index in [0.29, 0.717) is 5.56 Å². The van der Waals surface area contributed by atoms with Gasteiger partial charge in [0.05, 0.1) is 19.1 Å². The maximum Gasteiger partial charge on any atom is 0.251 e. The lowest BCUT2D eigenvalue weighted by molar-refractivity contribution is 0.0530. The van der Waals surface area contributed by atoms with Crippen molar-refractivity contribution in [1.29, 1.82) is 0 Å². The third-order valence-corrected chi connectivity index (χ3v) is 4.40. The minimum Gasteiger partial charge on any atom is -0.472 e. The van der Waals surface area contributed by atoms with Crippen LogP contribution in [0.3, 0.4) is 0 Å². The number of benzene rings is 1. The number of carbonyl (C=O) groups is 1. The summed E-state index contributed by atoms with van der Waals surface area (Å²) in [6.07, 6.45) is 3.23. The van der Waals surface area contributed by atoms with Gasteiger partial charge in [-0.15, -0.1) is 0 Å². The van der Waals surface area contributed by atoms with E-state index in [1.54, 1.807) is 31.6 Å². The van der Waals surface area contributed by atoms with Gasteiger partial charge in [-0.05, 0) is 53.1 Å². The van der Waals surface area contributed by atoms with Gasteiger partial charge in [-0.1, -0.05) is 12.1 Å². The Hall–Kier alpha value is -2.37. The number of thiophene rings is 1. The van der Waals surface area contributed by atoms with Crippen LogP contribution >= 0.6 is 11.3 Å². The molecule has 1 unspecified atom stereocenters. The number of carbonyl (C=O) groups excluding carboxylic acids is 1. The molecule has 0 aliphatic rings. The Labute approximate surface area is 138 Å². The van der Waals surface area contributed by atoms with Crippen LogP contribution in [-0.4, -0.2) is 17.6 Å². The number of rotatable bonds is 5. The molecular weight excluding hydrogens is 310 g/mol. The molecule has 4 nitrogen and oxygen atoms in total. The van der Waals surface area contributed by atoms with Crippen molar-refractivity contribution in [2.45, 2.75) is 12.5 Å². The third kappa shape index (κ3) is 3.52. The van der Waals surface area contributed by atoms with Gasteiger partial charge in [0, 0.05) is 11.1 Å².